The number of fused-ring (bicyclic) bond motifs is 1. The van der Waals surface area contributed by atoms with Gasteiger partial charge in [0, 0.05) is 32.7 Å². The van der Waals surface area contributed by atoms with Crippen molar-refractivity contribution in [1.82, 2.24) is 19.6 Å². The zero-order chi connectivity index (χ0) is 20.5. The van der Waals surface area contributed by atoms with Crippen LogP contribution in [-0.4, -0.2) is 63.4 Å². The van der Waals surface area contributed by atoms with Gasteiger partial charge in [-0.15, -0.1) is 0 Å². The lowest BCUT2D eigenvalue weighted by atomic mass is 10.1. The number of carbonyl (C=O) groups excluding carboxylic acids is 1. The maximum Gasteiger partial charge on any atom is 0.309 e. The molecule has 1 unspecified atom stereocenters. The molecule has 1 saturated heterocycles. The van der Waals surface area contributed by atoms with Gasteiger partial charge in [0.1, 0.15) is 17.9 Å². The van der Waals surface area contributed by atoms with Crippen molar-refractivity contribution in [2.45, 2.75) is 26.4 Å². The number of nitrogens with zero attached hydrogens (tertiary/aromatic N) is 5. The number of amides is 1. The van der Waals surface area contributed by atoms with Crippen LogP contribution in [-0.2, 0) is 11.3 Å². The summed E-state index contributed by atoms with van der Waals surface area (Å²) in [7, 11) is 0. The maximum atomic E-state index is 12.9. The number of carbonyl (C=O) groups is 1. The Kier molecular flexibility index (Phi) is 5.10. The number of nitro groups is 1. The number of piperazine rings is 1. The van der Waals surface area contributed by atoms with Gasteiger partial charge >= 0.3 is 5.69 Å². The minimum absolute atomic E-state index is 0.0711. The van der Waals surface area contributed by atoms with Gasteiger partial charge in [0.05, 0.1) is 4.92 Å². The molecule has 3 heterocycles. The Morgan fingerprint density at radius 3 is 2.66 bits per heavy atom. The van der Waals surface area contributed by atoms with Gasteiger partial charge in [0.15, 0.2) is 11.5 Å². The molecule has 0 spiro atoms. The fraction of sp³-hybridized carbons (Fsp3) is 0.474. The van der Waals surface area contributed by atoms with Crippen molar-refractivity contribution >= 4 is 11.6 Å². The first-order valence-corrected chi connectivity index (χ1v) is 9.52. The molecule has 2 aromatic rings. The van der Waals surface area contributed by atoms with Crippen LogP contribution in [0.25, 0.3) is 0 Å². The second-order valence-electron chi connectivity index (χ2n) is 7.28. The summed E-state index contributed by atoms with van der Waals surface area (Å²) in [6.07, 6.45) is 1.20. The van der Waals surface area contributed by atoms with Crippen LogP contribution >= 0.6 is 0 Å². The molecule has 2 aliphatic rings. The Hall–Kier alpha value is -3.14. The van der Waals surface area contributed by atoms with E-state index < -0.39 is 11.0 Å². The van der Waals surface area contributed by atoms with Crippen molar-refractivity contribution in [2.24, 2.45) is 0 Å². The van der Waals surface area contributed by atoms with Crippen molar-refractivity contribution in [3.05, 3.63) is 45.8 Å². The highest BCUT2D eigenvalue weighted by atomic mass is 16.7. The third kappa shape index (κ3) is 3.75. The molecule has 2 aliphatic heterocycles. The van der Waals surface area contributed by atoms with Crippen LogP contribution in [0.2, 0.25) is 0 Å². The smallest absolute Gasteiger partial charge is 0.309 e. The molecule has 10 heteroatoms. The lowest BCUT2D eigenvalue weighted by molar-refractivity contribution is -0.385. The Morgan fingerprint density at radius 2 is 1.97 bits per heavy atom. The van der Waals surface area contributed by atoms with Gasteiger partial charge < -0.3 is 14.4 Å². The quantitative estimate of drug-likeness (QED) is 0.555. The molecule has 0 bridgehead atoms. The van der Waals surface area contributed by atoms with Gasteiger partial charge in [-0.05, 0) is 31.5 Å². The van der Waals surface area contributed by atoms with Crippen molar-refractivity contribution in [1.29, 1.82) is 0 Å². The van der Waals surface area contributed by atoms with Gasteiger partial charge in [-0.2, -0.15) is 5.10 Å². The molecule has 1 atom stereocenters. The first-order chi connectivity index (χ1) is 13.9. The number of ether oxygens (including phenoxy) is 2. The molecule has 1 aromatic heterocycles. The lowest BCUT2D eigenvalue weighted by Gasteiger charge is -2.36. The fourth-order valence-corrected chi connectivity index (χ4v) is 3.78. The molecule has 154 valence electrons. The second-order valence-corrected chi connectivity index (χ2v) is 7.28. The van der Waals surface area contributed by atoms with E-state index in [1.165, 1.54) is 10.9 Å². The Bertz CT molecular complexity index is 935. The van der Waals surface area contributed by atoms with E-state index >= 15 is 0 Å². The minimum Gasteiger partial charge on any atom is -0.454 e. The van der Waals surface area contributed by atoms with E-state index in [1.54, 1.807) is 18.7 Å². The SMILES string of the molecule is Cc1c([N+](=O)[O-])cnn1C(C)C(=O)N1CCN(Cc2ccc3c(c2)OCO3)CC1. The van der Waals surface area contributed by atoms with Gasteiger partial charge in [-0.3, -0.25) is 24.5 Å². The van der Waals surface area contributed by atoms with Crippen LogP contribution in [0.3, 0.4) is 0 Å². The summed E-state index contributed by atoms with van der Waals surface area (Å²) in [6, 6.07) is 5.37. The molecular weight excluding hydrogens is 378 g/mol. The summed E-state index contributed by atoms with van der Waals surface area (Å²) in [6.45, 7) is 7.10. The average molecular weight is 401 g/mol. The van der Waals surface area contributed by atoms with E-state index in [2.05, 4.69) is 10.00 Å². The zero-order valence-corrected chi connectivity index (χ0v) is 16.4. The summed E-state index contributed by atoms with van der Waals surface area (Å²) in [5, 5.41) is 15.1. The van der Waals surface area contributed by atoms with Crippen LogP contribution in [0.5, 0.6) is 11.5 Å². The van der Waals surface area contributed by atoms with Crippen LogP contribution < -0.4 is 9.47 Å². The van der Waals surface area contributed by atoms with E-state index in [0.717, 1.165) is 36.7 Å². The van der Waals surface area contributed by atoms with E-state index in [-0.39, 0.29) is 18.4 Å². The summed E-state index contributed by atoms with van der Waals surface area (Å²) in [4.78, 5) is 27.5. The Morgan fingerprint density at radius 1 is 1.24 bits per heavy atom. The second kappa shape index (κ2) is 7.70. The topological polar surface area (TPSA) is 103 Å². The third-order valence-electron chi connectivity index (χ3n) is 5.47. The number of aromatic nitrogens is 2. The van der Waals surface area contributed by atoms with Crippen molar-refractivity contribution < 1.29 is 19.2 Å². The maximum absolute atomic E-state index is 12.9. The van der Waals surface area contributed by atoms with E-state index in [4.69, 9.17) is 9.47 Å². The molecule has 0 radical (unpaired) electrons. The van der Waals surface area contributed by atoms with Gasteiger partial charge in [0.25, 0.3) is 0 Å². The predicted molar refractivity (Wildman–Crippen MR) is 103 cm³/mol. The van der Waals surface area contributed by atoms with E-state index in [1.807, 2.05) is 18.2 Å². The third-order valence-corrected chi connectivity index (χ3v) is 5.47. The molecule has 0 aliphatic carbocycles. The van der Waals surface area contributed by atoms with Crippen LogP contribution in [0.1, 0.15) is 24.2 Å². The van der Waals surface area contributed by atoms with Crippen LogP contribution in [0.4, 0.5) is 5.69 Å². The first-order valence-electron chi connectivity index (χ1n) is 9.52. The molecule has 0 saturated carbocycles. The zero-order valence-electron chi connectivity index (χ0n) is 16.4. The Labute approximate surface area is 167 Å². The molecular formula is C19H23N5O5. The molecule has 10 nitrogen and oxygen atoms in total. The molecule has 4 rings (SSSR count). The molecule has 1 fully saturated rings. The first kappa shape index (κ1) is 19.2. The summed E-state index contributed by atoms with van der Waals surface area (Å²) in [5.41, 5.74) is 1.46. The van der Waals surface area contributed by atoms with Gasteiger partial charge in [-0.1, -0.05) is 6.07 Å². The fourth-order valence-electron chi connectivity index (χ4n) is 3.78. The number of rotatable bonds is 5. The Balaban J connectivity index is 1.34. The molecule has 29 heavy (non-hydrogen) atoms. The van der Waals surface area contributed by atoms with Crippen molar-refractivity contribution in [3.8, 4) is 11.5 Å². The number of hydrogen-bond acceptors (Lipinski definition) is 7. The van der Waals surface area contributed by atoms with Crippen LogP contribution in [0, 0.1) is 17.0 Å². The average Bonchev–Trinajstić information content (AvgIpc) is 3.33. The highest BCUT2D eigenvalue weighted by Crippen LogP contribution is 2.33. The summed E-state index contributed by atoms with van der Waals surface area (Å²) >= 11 is 0. The van der Waals surface area contributed by atoms with Crippen molar-refractivity contribution in [3.63, 3.8) is 0 Å². The number of benzene rings is 1. The summed E-state index contributed by atoms with van der Waals surface area (Å²) in [5.74, 6) is 1.47. The van der Waals surface area contributed by atoms with Crippen molar-refractivity contribution in [2.75, 3.05) is 33.0 Å². The molecule has 0 N–H and O–H groups in total. The van der Waals surface area contributed by atoms with E-state index in [0.29, 0.717) is 18.8 Å². The highest BCUT2D eigenvalue weighted by Gasteiger charge is 2.29. The standard InChI is InChI=1S/C19H23N5O5/c1-13-16(24(26)27)10-20-23(13)14(2)19(25)22-7-5-21(6-8-22)11-15-3-4-17-18(9-15)29-12-28-17/h3-4,9-10,14H,5-8,11-12H2,1-2H3. The largest absolute Gasteiger partial charge is 0.454 e. The predicted octanol–water partition coefficient (Wildman–Crippen LogP) is 1.73. The number of hydrogen-bond donors (Lipinski definition) is 0. The normalized spacial score (nSPS) is 17.4. The summed E-state index contributed by atoms with van der Waals surface area (Å²) < 4.78 is 12.2. The monoisotopic (exact) mass is 401 g/mol. The van der Waals surface area contributed by atoms with E-state index in [9.17, 15) is 14.9 Å². The van der Waals surface area contributed by atoms with Gasteiger partial charge in [0.2, 0.25) is 12.7 Å². The molecule has 1 aromatic carbocycles. The van der Waals surface area contributed by atoms with Gasteiger partial charge in [-0.25, -0.2) is 0 Å². The lowest BCUT2D eigenvalue weighted by Crippen LogP contribution is -2.50. The minimum atomic E-state index is -0.580. The molecule has 1 amide bonds. The highest BCUT2D eigenvalue weighted by molar-refractivity contribution is 5.80. The van der Waals surface area contributed by atoms with Crippen LogP contribution in [0.15, 0.2) is 24.4 Å².